The summed E-state index contributed by atoms with van der Waals surface area (Å²) in [6, 6.07) is 15.5. The van der Waals surface area contributed by atoms with E-state index in [9.17, 15) is 4.79 Å². The van der Waals surface area contributed by atoms with Crippen molar-refractivity contribution in [1.82, 2.24) is 10.2 Å². The molecule has 1 N–H and O–H groups in total. The quantitative estimate of drug-likeness (QED) is 0.746. The van der Waals surface area contributed by atoms with Crippen LogP contribution in [0.15, 0.2) is 48.5 Å². The van der Waals surface area contributed by atoms with Gasteiger partial charge < -0.3 is 10.1 Å². The molecule has 0 saturated heterocycles. The van der Waals surface area contributed by atoms with Gasteiger partial charge in [0.15, 0.2) is 0 Å². The molecular weight excluding hydrogens is 324 g/mol. The molecule has 0 heterocycles. The molecule has 2 aromatic carbocycles. The molecule has 0 radical (unpaired) electrons. The van der Waals surface area contributed by atoms with Gasteiger partial charge in [-0.1, -0.05) is 41.4 Å². The lowest BCUT2D eigenvalue weighted by Gasteiger charge is -2.16. The van der Waals surface area contributed by atoms with Gasteiger partial charge in [0.05, 0.1) is 13.1 Å². The first-order valence-corrected chi connectivity index (χ1v) is 8.30. The number of carbonyl (C=O) groups is 1. The molecule has 0 saturated carbocycles. The van der Waals surface area contributed by atoms with Gasteiger partial charge in [-0.3, -0.25) is 9.69 Å². The van der Waals surface area contributed by atoms with Crippen LogP contribution in [0.1, 0.15) is 11.1 Å². The molecule has 0 aliphatic rings. The summed E-state index contributed by atoms with van der Waals surface area (Å²) in [6.07, 6.45) is 0. The van der Waals surface area contributed by atoms with Crippen LogP contribution in [0.4, 0.5) is 0 Å². The van der Waals surface area contributed by atoms with Gasteiger partial charge in [0.1, 0.15) is 12.4 Å². The van der Waals surface area contributed by atoms with E-state index in [1.54, 1.807) is 24.3 Å². The molecule has 4 nitrogen and oxygen atoms in total. The van der Waals surface area contributed by atoms with E-state index in [4.69, 9.17) is 16.3 Å². The Hall–Kier alpha value is -2.04. The molecule has 24 heavy (non-hydrogen) atoms. The number of nitrogens with one attached hydrogen (secondary N) is 1. The molecule has 5 heteroatoms. The minimum atomic E-state index is -0.00989. The first kappa shape index (κ1) is 18.3. The molecule has 0 atom stereocenters. The van der Waals surface area contributed by atoms with E-state index in [0.717, 1.165) is 12.3 Å². The van der Waals surface area contributed by atoms with Gasteiger partial charge in [0.25, 0.3) is 0 Å². The standard InChI is InChI=1S/C19H23ClN2O2/c1-15-3-5-16(6-4-15)13-22(2)14-19(23)21-11-12-24-18-9-7-17(20)8-10-18/h3-10H,11-14H2,1-2H3,(H,21,23). The van der Waals surface area contributed by atoms with Crippen LogP contribution in [0.2, 0.25) is 5.02 Å². The lowest BCUT2D eigenvalue weighted by molar-refractivity contribution is -0.122. The zero-order valence-corrected chi connectivity index (χ0v) is 14.8. The van der Waals surface area contributed by atoms with Crippen molar-refractivity contribution in [2.45, 2.75) is 13.5 Å². The summed E-state index contributed by atoms with van der Waals surface area (Å²) in [7, 11) is 1.93. The first-order chi connectivity index (χ1) is 11.5. The third-order valence-corrected chi connectivity index (χ3v) is 3.75. The minimum absolute atomic E-state index is 0.00989. The monoisotopic (exact) mass is 346 g/mol. The number of ether oxygens (including phenoxy) is 1. The lowest BCUT2D eigenvalue weighted by Crippen LogP contribution is -2.36. The highest BCUT2D eigenvalue weighted by molar-refractivity contribution is 6.30. The molecule has 1 amide bonds. The summed E-state index contributed by atoms with van der Waals surface area (Å²) in [5.41, 5.74) is 2.43. The molecule has 0 aromatic heterocycles. The number of nitrogens with zero attached hydrogens (tertiary/aromatic N) is 1. The second-order valence-corrected chi connectivity index (χ2v) is 6.25. The highest BCUT2D eigenvalue weighted by Crippen LogP contribution is 2.15. The number of rotatable bonds is 8. The maximum absolute atomic E-state index is 11.9. The van der Waals surface area contributed by atoms with Crippen LogP contribution >= 0.6 is 11.6 Å². The van der Waals surface area contributed by atoms with Crippen LogP contribution in [0.5, 0.6) is 5.75 Å². The summed E-state index contributed by atoms with van der Waals surface area (Å²) in [5, 5.41) is 3.53. The Morgan fingerprint density at radius 3 is 2.46 bits per heavy atom. The Balaban J connectivity index is 1.63. The topological polar surface area (TPSA) is 41.6 Å². The average Bonchev–Trinajstić information content (AvgIpc) is 2.55. The molecule has 128 valence electrons. The zero-order chi connectivity index (χ0) is 17.4. The van der Waals surface area contributed by atoms with E-state index < -0.39 is 0 Å². The third-order valence-electron chi connectivity index (χ3n) is 3.49. The summed E-state index contributed by atoms with van der Waals surface area (Å²) in [6.45, 7) is 4.06. The first-order valence-electron chi connectivity index (χ1n) is 7.92. The van der Waals surface area contributed by atoms with Crippen molar-refractivity contribution in [3.8, 4) is 5.75 Å². The van der Waals surface area contributed by atoms with Crippen LogP contribution in [0.25, 0.3) is 0 Å². The predicted molar refractivity (Wildman–Crippen MR) is 97.5 cm³/mol. The highest BCUT2D eigenvalue weighted by atomic mass is 35.5. The van der Waals surface area contributed by atoms with Gasteiger partial charge >= 0.3 is 0 Å². The maximum Gasteiger partial charge on any atom is 0.234 e. The Bertz CT molecular complexity index is 641. The third kappa shape index (κ3) is 6.60. The van der Waals surface area contributed by atoms with Gasteiger partial charge in [-0.25, -0.2) is 0 Å². The van der Waals surface area contributed by atoms with Crippen molar-refractivity contribution in [3.05, 3.63) is 64.7 Å². The fraction of sp³-hybridized carbons (Fsp3) is 0.316. The van der Waals surface area contributed by atoms with Gasteiger partial charge in [0, 0.05) is 11.6 Å². The number of halogens is 1. The summed E-state index contributed by atoms with van der Waals surface area (Å²) in [4.78, 5) is 13.9. The van der Waals surface area contributed by atoms with E-state index in [-0.39, 0.29) is 5.91 Å². The molecule has 0 fully saturated rings. The molecule has 0 unspecified atom stereocenters. The van der Waals surface area contributed by atoms with Crippen molar-refractivity contribution in [1.29, 1.82) is 0 Å². The van der Waals surface area contributed by atoms with Crippen molar-refractivity contribution in [2.75, 3.05) is 26.7 Å². The van der Waals surface area contributed by atoms with Crippen molar-refractivity contribution in [2.24, 2.45) is 0 Å². The number of amides is 1. The van der Waals surface area contributed by atoms with Crippen LogP contribution in [0.3, 0.4) is 0 Å². The van der Waals surface area contributed by atoms with Gasteiger partial charge in [-0.05, 0) is 43.8 Å². The second-order valence-electron chi connectivity index (χ2n) is 5.81. The number of aryl methyl sites for hydroxylation is 1. The van der Waals surface area contributed by atoms with Crippen LogP contribution in [0, 0.1) is 6.92 Å². The smallest absolute Gasteiger partial charge is 0.234 e. The number of hydrogen-bond acceptors (Lipinski definition) is 3. The van der Waals surface area contributed by atoms with Gasteiger partial charge in [-0.15, -0.1) is 0 Å². The molecule has 0 spiro atoms. The predicted octanol–water partition coefficient (Wildman–Crippen LogP) is 3.28. The maximum atomic E-state index is 11.9. The largest absolute Gasteiger partial charge is 0.492 e. The Labute approximate surface area is 148 Å². The van der Waals surface area contributed by atoms with Gasteiger partial charge in [0.2, 0.25) is 5.91 Å². The molecular formula is C19H23ClN2O2. The number of benzene rings is 2. The highest BCUT2D eigenvalue weighted by Gasteiger charge is 2.06. The van der Waals surface area contributed by atoms with Gasteiger partial charge in [-0.2, -0.15) is 0 Å². The van der Waals surface area contributed by atoms with E-state index >= 15 is 0 Å². The Kier molecular flexibility index (Phi) is 7.09. The zero-order valence-electron chi connectivity index (χ0n) is 14.1. The summed E-state index contributed by atoms with van der Waals surface area (Å²) >= 11 is 5.81. The van der Waals surface area contributed by atoms with E-state index in [2.05, 4.69) is 36.5 Å². The average molecular weight is 347 g/mol. The number of hydrogen-bond donors (Lipinski definition) is 1. The summed E-state index contributed by atoms with van der Waals surface area (Å²) < 4.78 is 5.54. The fourth-order valence-corrected chi connectivity index (χ4v) is 2.38. The molecule has 0 aliphatic heterocycles. The lowest BCUT2D eigenvalue weighted by atomic mass is 10.1. The van der Waals surface area contributed by atoms with Crippen molar-refractivity contribution >= 4 is 17.5 Å². The van der Waals surface area contributed by atoms with Crippen LogP contribution in [-0.4, -0.2) is 37.6 Å². The number of likely N-dealkylation sites (N-methyl/N-ethyl adjacent to an activating group) is 1. The minimum Gasteiger partial charge on any atom is -0.492 e. The van der Waals surface area contributed by atoms with Crippen molar-refractivity contribution < 1.29 is 9.53 Å². The van der Waals surface area contributed by atoms with Crippen molar-refractivity contribution in [3.63, 3.8) is 0 Å². The van der Waals surface area contributed by atoms with E-state index in [1.807, 2.05) is 11.9 Å². The Morgan fingerprint density at radius 2 is 1.79 bits per heavy atom. The molecule has 0 bridgehead atoms. The normalized spacial score (nSPS) is 10.7. The van der Waals surface area contributed by atoms with E-state index in [0.29, 0.717) is 24.7 Å². The molecule has 2 rings (SSSR count). The SMILES string of the molecule is Cc1ccc(CN(C)CC(=O)NCCOc2ccc(Cl)cc2)cc1. The van der Waals surface area contributed by atoms with E-state index in [1.165, 1.54) is 11.1 Å². The summed E-state index contributed by atoms with van der Waals surface area (Å²) in [5.74, 6) is 0.731. The second kappa shape index (κ2) is 9.30. The Morgan fingerprint density at radius 1 is 1.12 bits per heavy atom. The number of carbonyl (C=O) groups excluding carboxylic acids is 1. The molecule has 0 aliphatic carbocycles. The van der Waals surface area contributed by atoms with Crippen LogP contribution < -0.4 is 10.1 Å². The van der Waals surface area contributed by atoms with Crippen LogP contribution in [-0.2, 0) is 11.3 Å². The molecule has 2 aromatic rings. The fourth-order valence-electron chi connectivity index (χ4n) is 2.25.